The average Bonchev–Trinajstić information content (AvgIpc) is 2.83. The lowest BCUT2D eigenvalue weighted by atomic mass is 10.1. The first-order chi connectivity index (χ1) is 11.2. The van der Waals surface area contributed by atoms with Gasteiger partial charge in [-0.15, -0.1) is 0 Å². The highest BCUT2D eigenvalue weighted by Gasteiger charge is 2.23. The Morgan fingerprint density at radius 3 is 2.78 bits per heavy atom. The molecular formula is C17H24FN3O2. The van der Waals surface area contributed by atoms with E-state index in [1.165, 1.54) is 12.1 Å². The Hall–Kier alpha value is -1.66. The van der Waals surface area contributed by atoms with Crippen molar-refractivity contribution in [1.29, 1.82) is 0 Å². The number of benzene rings is 1. The van der Waals surface area contributed by atoms with Crippen molar-refractivity contribution in [2.75, 3.05) is 50.8 Å². The maximum absolute atomic E-state index is 13.0. The standard InChI is InChI=1S/C17H24FN3O2/c18-14-2-4-16(5-3-14)20-7-1-8-21(10-9-20)17(22)12-15-13-23-11-6-19-15/h2-5,15,19H,1,6-13H2/t15-/m1/s1. The number of morpholine rings is 1. The van der Waals surface area contributed by atoms with Gasteiger partial charge >= 0.3 is 0 Å². The van der Waals surface area contributed by atoms with Crippen molar-refractivity contribution in [1.82, 2.24) is 10.2 Å². The third kappa shape index (κ3) is 4.42. The lowest BCUT2D eigenvalue weighted by Gasteiger charge is -2.27. The summed E-state index contributed by atoms with van der Waals surface area (Å²) >= 11 is 0. The molecule has 2 aliphatic rings. The van der Waals surface area contributed by atoms with Gasteiger partial charge in [0.15, 0.2) is 0 Å². The molecule has 6 heteroatoms. The van der Waals surface area contributed by atoms with Gasteiger partial charge in [0, 0.05) is 50.9 Å². The number of amides is 1. The van der Waals surface area contributed by atoms with Gasteiger partial charge < -0.3 is 19.9 Å². The summed E-state index contributed by atoms with van der Waals surface area (Å²) < 4.78 is 18.4. The second-order valence-corrected chi connectivity index (χ2v) is 6.13. The smallest absolute Gasteiger partial charge is 0.224 e. The third-order valence-corrected chi connectivity index (χ3v) is 4.46. The van der Waals surface area contributed by atoms with E-state index in [9.17, 15) is 9.18 Å². The van der Waals surface area contributed by atoms with E-state index in [2.05, 4.69) is 10.2 Å². The van der Waals surface area contributed by atoms with E-state index in [1.807, 2.05) is 4.90 Å². The van der Waals surface area contributed by atoms with Gasteiger partial charge in [-0.2, -0.15) is 0 Å². The van der Waals surface area contributed by atoms with Gasteiger partial charge in [-0.25, -0.2) is 4.39 Å². The molecule has 3 rings (SSSR count). The minimum Gasteiger partial charge on any atom is -0.378 e. The fourth-order valence-corrected chi connectivity index (χ4v) is 3.17. The number of rotatable bonds is 3. The first-order valence-electron chi connectivity index (χ1n) is 8.32. The van der Waals surface area contributed by atoms with E-state index in [0.717, 1.165) is 44.9 Å². The van der Waals surface area contributed by atoms with Gasteiger partial charge in [0.25, 0.3) is 0 Å². The molecule has 2 fully saturated rings. The van der Waals surface area contributed by atoms with Crippen LogP contribution in [0.1, 0.15) is 12.8 Å². The lowest BCUT2D eigenvalue weighted by molar-refractivity contribution is -0.132. The molecule has 2 aliphatic heterocycles. The van der Waals surface area contributed by atoms with Crippen molar-refractivity contribution >= 4 is 11.6 Å². The summed E-state index contributed by atoms with van der Waals surface area (Å²) in [6.45, 7) is 5.32. The van der Waals surface area contributed by atoms with Crippen LogP contribution in [0.25, 0.3) is 0 Å². The van der Waals surface area contributed by atoms with Crippen LogP contribution in [0.3, 0.4) is 0 Å². The van der Waals surface area contributed by atoms with Crippen LogP contribution in [0.4, 0.5) is 10.1 Å². The van der Waals surface area contributed by atoms with E-state index in [0.29, 0.717) is 19.6 Å². The van der Waals surface area contributed by atoms with Gasteiger partial charge in [0.1, 0.15) is 5.82 Å². The van der Waals surface area contributed by atoms with Gasteiger partial charge in [-0.3, -0.25) is 4.79 Å². The van der Waals surface area contributed by atoms with Crippen molar-refractivity contribution in [3.8, 4) is 0 Å². The molecule has 0 radical (unpaired) electrons. The van der Waals surface area contributed by atoms with Crippen LogP contribution >= 0.6 is 0 Å². The van der Waals surface area contributed by atoms with Gasteiger partial charge in [0.05, 0.1) is 13.2 Å². The van der Waals surface area contributed by atoms with E-state index in [4.69, 9.17) is 4.74 Å². The highest BCUT2D eigenvalue weighted by Crippen LogP contribution is 2.17. The van der Waals surface area contributed by atoms with Crippen molar-refractivity contribution < 1.29 is 13.9 Å². The number of halogens is 1. The van der Waals surface area contributed by atoms with Crippen LogP contribution in [0.15, 0.2) is 24.3 Å². The SMILES string of the molecule is O=C(C[C@@H]1COCCN1)N1CCCN(c2ccc(F)cc2)CC1. The highest BCUT2D eigenvalue weighted by molar-refractivity contribution is 5.77. The predicted molar refractivity (Wildman–Crippen MR) is 87.0 cm³/mol. The molecule has 0 saturated carbocycles. The summed E-state index contributed by atoms with van der Waals surface area (Å²) in [5.74, 6) is -0.0310. The number of nitrogens with one attached hydrogen (secondary N) is 1. The fraction of sp³-hybridized carbons (Fsp3) is 0.588. The lowest BCUT2D eigenvalue weighted by Crippen LogP contribution is -2.45. The topological polar surface area (TPSA) is 44.8 Å². The molecule has 0 spiro atoms. The van der Waals surface area contributed by atoms with E-state index in [1.54, 1.807) is 12.1 Å². The molecule has 126 valence electrons. The highest BCUT2D eigenvalue weighted by atomic mass is 19.1. The Bertz CT molecular complexity index is 517. The van der Waals surface area contributed by atoms with Crippen molar-refractivity contribution in [2.24, 2.45) is 0 Å². The normalized spacial score (nSPS) is 22.7. The summed E-state index contributed by atoms with van der Waals surface area (Å²) in [5.41, 5.74) is 1.02. The summed E-state index contributed by atoms with van der Waals surface area (Å²) in [6, 6.07) is 6.70. The quantitative estimate of drug-likeness (QED) is 0.910. The summed E-state index contributed by atoms with van der Waals surface area (Å²) in [4.78, 5) is 16.6. The van der Waals surface area contributed by atoms with Crippen molar-refractivity contribution in [3.63, 3.8) is 0 Å². The van der Waals surface area contributed by atoms with Crippen LogP contribution in [-0.4, -0.2) is 62.8 Å². The van der Waals surface area contributed by atoms with Crippen LogP contribution < -0.4 is 10.2 Å². The maximum Gasteiger partial charge on any atom is 0.224 e. The van der Waals surface area contributed by atoms with Gasteiger partial charge in [-0.1, -0.05) is 0 Å². The number of carbonyl (C=O) groups excluding carboxylic acids is 1. The predicted octanol–water partition coefficient (Wildman–Crippen LogP) is 1.24. The minimum absolute atomic E-state index is 0.132. The average molecular weight is 321 g/mol. The van der Waals surface area contributed by atoms with E-state index < -0.39 is 0 Å². The Morgan fingerprint density at radius 2 is 2.04 bits per heavy atom. The third-order valence-electron chi connectivity index (χ3n) is 4.46. The van der Waals surface area contributed by atoms with Crippen LogP contribution in [0.5, 0.6) is 0 Å². The largest absolute Gasteiger partial charge is 0.378 e. The van der Waals surface area contributed by atoms with Crippen molar-refractivity contribution in [2.45, 2.75) is 18.9 Å². The molecule has 5 nitrogen and oxygen atoms in total. The molecule has 0 aliphatic carbocycles. The zero-order valence-electron chi connectivity index (χ0n) is 13.3. The summed E-state index contributed by atoms with van der Waals surface area (Å²) in [7, 11) is 0. The number of hydrogen-bond donors (Lipinski definition) is 1. The van der Waals surface area contributed by atoms with Gasteiger partial charge in [-0.05, 0) is 30.7 Å². The first-order valence-corrected chi connectivity index (χ1v) is 8.32. The summed E-state index contributed by atoms with van der Waals surface area (Å²) in [6.07, 6.45) is 1.42. The van der Waals surface area contributed by atoms with Crippen molar-refractivity contribution in [3.05, 3.63) is 30.1 Å². The van der Waals surface area contributed by atoms with Crippen LogP contribution in [0.2, 0.25) is 0 Å². The Kier molecular flexibility index (Phi) is 5.46. The molecule has 23 heavy (non-hydrogen) atoms. The molecule has 0 unspecified atom stereocenters. The Morgan fingerprint density at radius 1 is 1.22 bits per heavy atom. The molecule has 0 aromatic heterocycles. The fourth-order valence-electron chi connectivity index (χ4n) is 3.17. The molecule has 1 aromatic carbocycles. The number of hydrogen-bond acceptors (Lipinski definition) is 4. The molecule has 1 N–H and O–H groups in total. The zero-order valence-corrected chi connectivity index (χ0v) is 13.3. The number of anilines is 1. The van der Waals surface area contributed by atoms with Gasteiger partial charge in [0.2, 0.25) is 5.91 Å². The molecule has 1 amide bonds. The minimum atomic E-state index is -0.220. The second-order valence-electron chi connectivity index (χ2n) is 6.13. The second kappa shape index (κ2) is 7.75. The molecule has 1 aromatic rings. The summed E-state index contributed by atoms with van der Waals surface area (Å²) in [5, 5.41) is 3.33. The van der Waals surface area contributed by atoms with Crippen LogP contribution in [-0.2, 0) is 9.53 Å². The number of nitrogens with zero attached hydrogens (tertiary/aromatic N) is 2. The maximum atomic E-state index is 13.0. The Balaban J connectivity index is 1.53. The number of carbonyl (C=O) groups is 1. The molecule has 2 heterocycles. The number of ether oxygens (including phenoxy) is 1. The zero-order chi connectivity index (χ0) is 16.1. The molecule has 0 bridgehead atoms. The Labute approximate surface area is 136 Å². The molecule has 2 saturated heterocycles. The molecular weight excluding hydrogens is 297 g/mol. The molecule has 1 atom stereocenters. The van der Waals surface area contributed by atoms with E-state index >= 15 is 0 Å². The van der Waals surface area contributed by atoms with E-state index in [-0.39, 0.29) is 17.8 Å². The monoisotopic (exact) mass is 321 g/mol. The first kappa shape index (κ1) is 16.2. The van der Waals surface area contributed by atoms with Crippen LogP contribution in [0, 0.1) is 5.82 Å².